The summed E-state index contributed by atoms with van der Waals surface area (Å²) in [4.78, 5) is 28.1. The van der Waals surface area contributed by atoms with E-state index in [0.29, 0.717) is 15.8 Å². The normalized spacial score (nSPS) is 11.3. The molecule has 0 atom stereocenters. The van der Waals surface area contributed by atoms with Crippen molar-refractivity contribution in [3.63, 3.8) is 0 Å². The molecule has 144 valence electrons. The van der Waals surface area contributed by atoms with Gasteiger partial charge in [0.2, 0.25) is 5.91 Å². The lowest BCUT2D eigenvalue weighted by molar-refractivity contribution is -0.114. The van der Waals surface area contributed by atoms with Crippen molar-refractivity contribution < 1.29 is 22.8 Å². The van der Waals surface area contributed by atoms with E-state index in [1.165, 1.54) is 39.3 Å². The van der Waals surface area contributed by atoms with Crippen LogP contribution >= 0.6 is 11.6 Å². The number of carbonyl (C=O) groups is 2. The van der Waals surface area contributed by atoms with Crippen molar-refractivity contribution >= 4 is 44.8 Å². The lowest BCUT2D eigenvalue weighted by atomic mass is 10.2. The van der Waals surface area contributed by atoms with Gasteiger partial charge < -0.3 is 10.6 Å². The van der Waals surface area contributed by atoms with Crippen LogP contribution in [0.1, 0.15) is 17.3 Å². The zero-order valence-corrected chi connectivity index (χ0v) is 16.4. The van der Waals surface area contributed by atoms with Crippen LogP contribution in [-0.4, -0.2) is 38.9 Å². The van der Waals surface area contributed by atoms with Gasteiger partial charge in [0.15, 0.2) is 0 Å². The Balaban J connectivity index is 2.30. The average molecular weight is 412 g/mol. The zero-order valence-electron chi connectivity index (χ0n) is 14.8. The minimum absolute atomic E-state index is 0.0388. The number of nitrogens with one attached hydrogen (secondary N) is 2. The Hall–Kier alpha value is -2.46. The van der Waals surface area contributed by atoms with Gasteiger partial charge in [-0.3, -0.25) is 14.4 Å². The Morgan fingerprint density at radius 1 is 1.07 bits per heavy atom. The maximum Gasteiger partial charge on any atom is 0.266 e. The second-order valence-electron chi connectivity index (χ2n) is 5.46. The van der Waals surface area contributed by atoms with Gasteiger partial charge in [-0.2, -0.15) is 0 Å². The molecule has 2 amide bonds. The lowest BCUT2D eigenvalue weighted by Crippen LogP contribution is -2.26. The minimum Gasteiger partial charge on any atom is -0.326 e. The van der Waals surface area contributed by atoms with Crippen molar-refractivity contribution in [3.05, 3.63) is 53.1 Å². The van der Waals surface area contributed by atoms with E-state index < -0.39 is 15.9 Å². The molecule has 0 spiro atoms. The van der Waals surface area contributed by atoms with Crippen molar-refractivity contribution in [1.82, 2.24) is 4.47 Å². The molecule has 8 nitrogen and oxygen atoms in total. The number of hydroxylamine groups is 1. The highest BCUT2D eigenvalue weighted by atomic mass is 35.5. The Labute approximate surface area is 162 Å². The molecular weight excluding hydrogens is 394 g/mol. The van der Waals surface area contributed by atoms with Crippen LogP contribution in [0.25, 0.3) is 0 Å². The Kier molecular flexibility index (Phi) is 6.55. The predicted octanol–water partition coefficient (Wildman–Crippen LogP) is 2.73. The summed E-state index contributed by atoms with van der Waals surface area (Å²) in [7, 11) is -1.60. The number of hydrogen-bond donors (Lipinski definition) is 2. The molecule has 2 aromatic carbocycles. The van der Waals surface area contributed by atoms with Crippen LogP contribution in [0.2, 0.25) is 5.02 Å². The molecule has 0 aliphatic rings. The smallest absolute Gasteiger partial charge is 0.266 e. The van der Waals surface area contributed by atoms with E-state index in [4.69, 9.17) is 16.4 Å². The number of sulfonamides is 1. The summed E-state index contributed by atoms with van der Waals surface area (Å²) in [5.74, 6) is -0.781. The maximum absolute atomic E-state index is 12.5. The molecule has 0 aliphatic carbocycles. The van der Waals surface area contributed by atoms with E-state index in [1.54, 1.807) is 24.3 Å². The third-order valence-electron chi connectivity index (χ3n) is 3.51. The van der Waals surface area contributed by atoms with Crippen LogP contribution in [0.5, 0.6) is 0 Å². The van der Waals surface area contributed by atoms with Gasteiger partial charge in [0.25, 0.3) is 15.9 Å². The second kappa shape index (κ2) is 8.49. The van der Waals surface area contributed by atoms with Crippen LogP contribution in [0, 0.1) is 0 Å². The Bertz CT molecular complexity index is 978. The summed E-state index contributed by atoms with van der Waals surface area (Å²) in [6.07, 6.45) is 0. The number of hydrogen-bond acceptors (Lipinski definition) is 5. The fourth-order valence-electron chi connectivity index (χ4n) is 2.16. The third-order valence-corrected chi connectivity index (χ3v) is 5.67. The SMILES string of the molecule is CON(C)S(=O)(=O)c1cc(C(=O)Nc2cccc(NC(C)=O)c2)ccc1Cl. The first-order valence-corrected chi connectivity index (χ1v) is 9.48. The molecule has 27 heavy (non-hydrogen) atoms. The summed E-state index contributed by atoms with van der Waals surface area (Å²) in [6.45, 7) is 1.37. The van der Waals surface area contributed by atoms with Crippen LogP contribution < -0.4 is 10.6 Å². The molecule has 0 saturated carbocycles. The first-order valence-electron chi connectivity index (χ1n) is 7.66. The number of nitrogens with zero attached hydrogens (tertiary/aromatic N) is 1. The second-order valence-corrected chi connectivity index (χ2v) is 7.77. The van der Waals surface area contributed by atoms with Crippen molar-refractivity contribution in [2.75, 3.05) is 24.8 Å². The number of rotatable bonds is 6. The van der Waals surface area contributed by atoms with Crippen molar-refractivity contribution in [2.45, 2.75) is 11.8 Å². The Morgan fingerprint density at radius 2 is 1.70 bits per heavy atom. The summed E-state index contributed by atoms with van der Waals surface area (Å²) >= 11 is 5.98. The predicted molar refractivity (Wildman–Crippen MR) is 102 cm³/mol. The summed E-state index contributed by atoms with van der Waals surface area (Å²) in [5.41, 5.74) is 1.04. The van der Waals surface area contributed by atoms with Crippen LogP contribution in [-0.2, 0) is 19.7 Å². The van der Waals surface area contributed by atoms with E-state index >= 15 is 0 Å². The fraction of sp³-hybridized carbons (Fsp3) is 0.176. The van der Waals surface area contributed by atoms with Crippen molar-refractivity contribution in [2.24, 2.45) is 0 Å². The number of carbonyl (C=O) groups excluding carboxylic acids is 2. The number of anilines is 2. The first kappa shape index (κ1) is 20.8. The molecule has 10 heteroatoms. The molecule has 2 N–H and O–H groups in total. The van der Waals surface area contributed by atoms with Gasteiger partial charge >= 0.3 is 0 Å². The molecule has 0 aliphatic heterocycles. The average Bonchev–Trinajstić information content (AvgIpc) is 2.60. The third kappa shape index (κ3) is 5.04. The van der Waals surface area contributed by atoms with Crippen LogP contribution in [0.15, 0.2) is 47.4 Å². The zero-order chi connectivity index (χ0) is 20.2. The molecule has 2 rings (SSSR count). The molecular formula is C17H18ClN3O5S. The maximum atomic E-state index is 12.5. The molecule has 0 aromatic heterocycles. The fourth-order valence-corrected chi connectivity index (χ4v) is 3.63. The van der Waals surface area contributed by atoms with Gasteiger partial charge in [-0.15, -0.1) is 0 Å². The van der Waals surface area contributed by atoms with Gasteiger partial charge in [0, 0.05) is 30.9 Å². The van der Waals surface area contributed by atoms with Crippen LogP contribution in [0.4, 0.5) is 11.4 Å². The Morgan fingerprint density at radius 3 is 2.30 bits per heavy atom. The largest absolute Gasteiger partial charge is 0.326 e. The molecule has 0 bridgehead atoms. The highest BCUT2D eigenvalue weighted by Gasteiger charge is 2.25. The van der Waals surface area contributed by atoms with E-state index in [2.05, 4.69) is 10.6 Å². The first-order chi connectivity index (χ1) is 12.6. The quantitative estimate of drug-likeness (QED) is 0.711. The molecule has 0 radical (unpaired) electrons. The van der Waals surface area contributed by atoms with Crippen molar-refractivity contribution in [3.8, 4) is 0 Å². The standard InChI is InChI=1S/C17H18ClN3O5S/c1-11(22)19-13-5-4-6-14(10-13)20-17(23)12-7-8-15(18)16(9-12)27(24,25)21(2)26-3/h4-10H,1-3H3,(H,19,22)(H,20,23). The monoisotopic (exact) mass is 411 g/mol. The highest BCUT2D eigenvalue weighted by Crippen LogP contribution is 2.26. The topological polar surface area (TPSA) is 105 Å². The minimum atomic E-state index is -4.02. The molecule has 0 fully saturated rings. The van der Waals surface area contributed by atoms with Gasteiger partial charge in [-0.05, 0) is 36.4 Å². The van der Waals surface area contributed by atoms with Gasteiger partial charge in [-0.25, -0.2) is 8.42 Å². The molecule has 0 saturated heterocycles. The molecule has 2 aromatic rings. The summed E-state index contributed by atoms with van der Waals surface area (Å²) in [6, 6.07) is 10.4. The number of benzene rings is 2. The summed E-state index contributed by atoms with van der Waals surface area (Å²) < 4.78 is 25.5. The number of halogens is 1. The van der Waals surface area contributed by atoms with Crippen molar-refractivity contribution in [1.29, 1.82) is 0 Å². The summed E-state index contributed by atoms with van der Waals surface area (Å²) in [5, 5.41) is 5.21. The van der Waals surface area contributed by atoms with E-state index in [9.17, 15) is 18.0 Å². The van der Waals surface area contributed by atoms with E-state index in [0.717, 1.165) is 0 Å². The van der Waals surface area contributed by atoms with E-state index in [-0.39, 0.29) is 21.4 Å². The molecule has 0 unspecified atom stereocenters. The highest BCUT2D eigenvalue weighted by molar-refractivity contribution is 7.89. The van der Waals surface area contributed by atoms with Gasteiger partial charge in [0.05, 0.1) is 12.1 Å². The van der Waals surface area contributed by atoms with E-state index in [1.807, 2.05) is 0 Å². The lowest BCUT2D eigenvalue weighted by Gasteiger charge is -2.16. The number of amides is 2. The molecule has 0 heterocycles. The van der Waals surface area contributed by atoms with Gasteiger partial charge in [0.1, 0.15) is 4.90 Å². The van der Waals surface area contributed by atoms with Gasteiger partial charge in [-0.1, -0.05) is 22.1 Å². The van der Waals surface area contributed by atoms with Crippen LogP contribution in [0.3, 0.4) is 0 Å².